The highest BCUT2D eigenvalue weighted by molar-refractivity contribution is 7.71. The number of aromatic amines is 1. The fraction of sp³-hybridized carbons (Fsp3) is 0.273. The van der Waals surface area contributed by atoms with Gasteiger partial charge in [-0.3, -0.25) is 9.67 Å². The van der Waals surface area contributed by atoms with Crippen molar-refractivity contribution in [2.75, 3.05) is 0 Å². The molecule has 1 saturated carbocycles. The Morgan fingerprint density at radius 3 is 2.94 bits per heavy atom. The Morgan fingerprint density at radius 2 is 2.24 bits per heavy atom. The molecule has 17 heavy (non-hydrogen) atoms. The first-order valence-corrected chi connectivity index (χ1v) is 6.11. The molecule has 0 radical (unpaired) electrons. The molecule has 3 rings (SSSR count). The average Bonchev–Trinajstić information content (AvgIpc) is 3.06. The summed E-state index contributed by atoms with van der Waals surface area (Å²) < 4.78 is 2.57. The van der Waals surface area contributed by atoms with Gasteiger partial charge in [-0.15, -0.1) is 0 Å². The molecule has 4 nitrogen and oxygen atoms in total. The molecule has 1 aliphatic rings. The summed E-state index contributed by atoms with van der Waals surface area (Å²) in [5.74, 6) is 0.860. The number of aromatic hydroxyl groups is 1. The zero-order chi connectivity index (χ0) is 12.0. The van der Waals surface area contributed by atoms with Gasteiger partial charge in [0, 0.05) is 11.6 Å². The van der Waals surface area contributed by atoms with E-state index in [1.54, 1.807) is 18.2 Å². The number of nitrogens with zero attached hydrogens (tertiary/aromatic N) is 2. The number of hydrogen-bond donors (Lipinski definition) is 2. The minimum absolute atomic E-state index is 0.167. The fourth-order valence-corrected chi connectivity index (χ4v) is 2.33. The number of halogens is 1. The second kappa shape index (κ2) is 3.85. The minimum Gasteiger partial charge on any atom is -0.508 e. The Balaban J connectivity index is 2.21. The molecule has 2 N–H and O–H groups in total. The molecule has 1 aromatic heterocycles. The van der Waals surface area contributed by atoms with Crippen LogP contribution in [0, 0.1) is 4.77 Å². The molecule has 0 unspecified atom stereocenters. The van der Waals surface area contributed by atoms with Crippen molar-refractivity contribution in [2.45, 2.75) is 18.9 Å². The van der Waals surface area contributed by atoms with E-state index >= 15 is 0 Å². The van der Waals surface area contributed by atoms with E-state index in [2.05, 4.69) is 10.2 Å². The van der Waals surface area contributed by atoms with Crippen molar-refractivity contribution in [1.82, 2.24) is 14.8 Å². The summed E-state index contributed by atoms with van der Waals surface area (Å²) in [6, 6.07) is 5.22. The Hall–Kier alpha value is -1.33. The van der Waals surface area contributed by atoms with E-state index in [-0.39, 0.29) is 5.75 Å². The van der Waals surface area contributed by atoms with Crippen LogP contribution in [0.25, 0.3) is 11.4 Å². The lowest BCUT2D eigenvalue weighted by Crippen LogP contribution is -1.97. The monoisotopic (exact) mass is 267 g/mol. The van der Waals surface area contributed by atoms with E-state index in [0.29, 0.717) is 27.2 Å². The Bertz CT molecular complexity index is 630. The van der Waals surface area contributed by atoms with Gasteiger partial charge in [0.15, 0.2) is 10.6 Å². The summed E-state index contributed by atoms with van der Waals surface area (Å²) in [6.45, 7) is 0. The number of hydrogen-bond acceptors (Lipinski definition) is 3. The normalized spacial score (nSPS) is 15.1. The van der Waals surface area contributed by atoms with E-state index in [0.717, 1.165) is 12.8 Å². The van der Waals surface area contributed by atoms with Gasteiger partial charge in [-0.25, -0.2) is 0 Å². The number of benzene rings is 1. The van der Waals surface area contributed by atoms with Crippen LogP contribution < -0.4 is 0 Å². The predicted octanol–water partition coefficient (Wildman–Crippen LogP) is 3.30. The molecule has 1 aliphatic carbocycles. The summed E-state index contributed by atoms with van der Waals surface area (Å²) in [4.78, 5) is 0. The van der Waals surface area contributed by atoms with Gasteiger partial charge in [-0.05, 0) is 43.3 Å². The third-order valence-corrected chi connectivity index (χ3v) is 3.42. The van der Waals surface area contributed by atoms with Crippen LogP contribution in [0.1, 0.15) is 18.9 Å². The molecule has 0 saturated heterocycles. The maximum Gasteiger partial charge on any atom is 0.195 e. The van der Waals surface area contributed by atoms with Crippen LogP contribution in [0.3, 0.4) is 0 Å². The topological polar surface area (TPSA) is 53.8 Å². The molecule has 0 bridgehead atoms. The maximum absolute atomic E-state index is 9.52. The number of aromatic nitrogens is 3. The SMILES string of the molecule is Oc1ccc(Cl)c(-c2n[nH]c(=S)n2C2CC2)c1. The van der Waals surface area contributed by atoms with Crippen LogP contribution in [0.4, 0.5) is 0 Å². The molecule has 1 heterocycles. The number of H-pyrrole nitrogens is 1. The summed E-state index contributed by atoms with van der Waals surface area (Å²) >= 11 is 11.3. The van der Waals surface area contributed by atoms with Gasteiger partial charge < -0.3 is 5.11 Å². The van der Waals surface area contributed by atoms with Crippen LogP contribution in [0.2, 0.25) is 5.02 Å². The van der Waals surface area contributed by atoms with Gasteiger partial charge in [0.05, 0.1) is 5.02 Å². The highest BCUT2D eigenvalue weighted by atomic mass is 35.5. The molecule has 0 aliphatic heterocycles. The van der Waals surface area contributed by atoms with Crippen molar-refractivity contribution in [1.29, 1.82) is 0 Å². The summed E-state index contributed by atoms with van der Waals surface area (Å²) in [7, 11) is 0. The highest BCUT2D eigenvalue weighted by Gasteiger charge is 2.28. The zero-order valence-corrected chi connectivity index (χ0v) is 10.4. The molecule has 6 heteroatoms. The molecule has 2 aromatic rings. The smallest absolute Gasteiger partial charge is 0.195 e. The first kappa shape index (κ1) is 10.8. The van der Waals surface area contributed by atoms with Gasteiger partial charge in [-0.1, -0.05) is 11.6 Å². The van der Waals surface area contributed by atoms with Crippen LogP contribution >= 0.6 is 23.8 Å². The van der Waals surface area contributed by atoms with Crippen LogP contribution in [-0.2, 0) is 0 Å². The van der Waals surface area contributed by atoms with Crippen LogP contribution in [0.15, 0.2) is 18.2 Å². The number of nitrogens with one attached hydrogen (secondary N) is 1. The van der Waals surface area contributed by atoms with Crippen molar-refractivity contribution in [3.63, 3.8) is 0 Å². The largest absolute Gasteiger partial charge is 0.508 e. The lowest BCUT2D eigenvalue weighted by Gasteiger charge is -2.06. The van der Waals surface area contributed by atoms with Gasteiger partial charge in [0.2, 0.25) is 0 Å². The molecule has 0 amide bonds. The molecular weight excluding hydrogens is 258 g/mol. The molecule has 1 fully saturated rings. The quantitative estimate of drug-likeness (QED) is 0.821. The van der Waals surface area contributed by atoms with Crippen molar-refractivity contribution in [2.24, 2.45) is 0 Å². The van der Waals surface area contributed by atoms with Gasteiger partial charge >= 0.3 is 0 Å². The Morgan fingerprint density at radius 1 is 1.47 bits per heavy atom. The number of rotatable bonds is 2. The van der Waals surface area contributed by atoms with Crippen molar-refractivity contribution in [3.8, 4) is 17.1 Å². The van der Waals surface area contributed by atoms with E-state index < -0.39 is 0 Å². The maximum atomic E-state index is 9.52. The van der Waals surface area contributed by atoms with Crippen molar-refractivity contribution in [3.05, 3.63) is 28.0 Å². The van der Waals surface area contributed by atoms with Gasteiger partial charge in [-0.2, -0.15) is 5.10 Å². The molecule has 88 valence electrons. The Kier molecular flexibility index (Phi) is 2.45. The summed E-state index contributed by atoms with van der Waals surface area (Å²) in [6.07, 6.45) is 2.22. The van der Waals surface area contributed by atoms with Gasteiger partial charge in [0.25, 0.3) is 0 Å². The third-order valence-electron chi connectivity index (χ3n) is 2.81. The van der Waals surface area contributed by atoms with Crippen molar-refractivity contribution < 1.29 is 5.11 Å². The highest BCUT2D eigenvalue weighted by Crippen LogP contribution is 2.39. The van der Waals surface area contributed by atoms with Crippen LogP contribution in [-0.4, -0.2) is 19.9 Å². The first-order chi connectivity index (χ1) is 8.16. The standard InChI is InChI=1S/C11H10ClN3OS/c12-9-4-3-7(16)5-8(9)10-13-14-11(17)15(10)6-1-2-6/h3-6,16H,1-2H2,(H,14,17). The number of phenols is 1. The van der Waals surface area contributed by atoms with Crippen LogP contribution in [0.5, 0.6) is 5.75 Å². The number of phenolic OH excluding ortho intramolecular Hbond substituents is 1. The molecule has 0 atom stereocenters. The second-order valence-corrected chi connectivity index (χ2v) is 4.91. The Labute approximate surface area is 108 Å². The lowest BCUT2D eigenvalue weighted by atomic mass is 10.2. The molecule has 1 aromatic carbocycles. The third kappa shape index (κ3) is 1.85. The first-order valence-electron chi connectivity index (χ1n) is 5.32. The van der Waals surface area contributed by atoms with E-state index in [9.17, 15) is 5.11 Å². The molecule has 0 spiro atoms. The minimum atomic E-state index is 0.167. The lowest BCUT2D eigenvalue weighted by molar-refractivity contribution is 0.475. The predicted molar refractivity (Wildman–Crippen MR) is 67.8 cm³/mol. The van der Waals surface area contributed by atoms with E-state index in [1.165, 1.54) is 0 Å². The summed E-state index contributed by atoms with van der Waals surface area (Å²) in [5.41, 5.74) is 0.700. The average molecular weight is 268 g/mol. The molecular formula is C11H10ClN3OS. The van der Waals surface area contributed by atoms with E-state index in [1.807, 2.05) is 4.57 Å². The fourth-order valence-electron chi connectivity index (χ4n) is 1.85. The zero-order valence-electron chi connectivity index (χ0n) is 8.85. The van der Waals surface area contributed by atoms with Gasteiger partial charge in [0.1, 0.15) is 5.75 Å². The second-order valence-electron chi connectivity index (χ2n) is 4.12. The van der Waals surface area contributed by atoms with Crippen molar-refractivity contribution >= 4 is 23.8 Å². The summed E-state index contributed by atoms with van der Waals surface area (Å²) in [5, 5.41) is 17.1. The van der Waals surface area contributed by atoms with E-state index in [4.69, 9.17) is 23.8 Å².